The molecule has 0 bridgehead atoms. The third kappa shape index (κ3) is 4.59. The van der Waals surface area contributed by atoms with Crippen LogP contribution in [0.2, 0.25) is 0 Å². The molecule has 1 unspecified atom stereocenters. The summed E-state index contributed by atoms with van der Waals surface area (Å²) in [5.74, 6) is -0.715. The molecule has 4 amide bonds. The highest BCUT2D eigenvalue weighted by Gasteiger charge is 2.31. The average molecular weight is 361 g/mol. The van der Waals surface area contributed by atoms with Crippen molar-refractivity contribution in [2.75, 3.05) is 0 Å². The molecule has 0 radical (unpaired) electrons. The number of urea groups is 1. The molecule has 0 aromatic heterocycles. The number of hydrogen-bond acceptors (Lipinski definition) is 3. The molecule has 2 N–H and O–H groups in total. The second kappa shape index (κ2) is 8.29. The zero-order valence-electron chi connectivity index (χ0n) is 14.7. The topological polar surface area (TPSA) is 78.5 Å². The summed E-state index contributed by atoms with van der Waals surface area (Å²) in [7, 11) is 0. The van der Waals surface area contributed by atoms with Crippen molar-refractivity contribution in [1.29, 1.82) is 0 Å². The van der Waals surface area contributed by atoms with Crippen molar-refractivity contribution in [2.45, 2.75) is 63.6 Å². The van der Waals surface area contributed by atoms with Gasteiger partial charge in [-0.2, -0.15) is 0 Å². The molecule has 1 aliphatic heterocycles. The van der Waals surface area contributed by atoms with Crippen LogP contribution in [0.3, 0.4) is 0 Å². The van der Waals surface area contributed by atoms with E-state index in [0.717, 1.165) is 31.2 Å². The van der Waals surface area contributed by atoms with Crippen LogP contribution < -0.4 is 10.6 Å². The summed E-state index contributed by atoms with van der Waals surface area (Å²) in [5, 5.41) is 4.70. The summed E-state index contributed by atoms with van der Waals surface area (Å²) in [6.07, 6.45) is 5.78. The predicted molar refractivity (Wildman–Crippen MR) is 93.5 cm³/mol. The Labute approximate surface area is 152 Å². The molecule has 2 aliphatic rings. The summed E-state index contributed by atoms with van der Waals surface area (Å²) in [6, 6.07) is 5.21. The van der Waals surface area contributed by atoms with Crippen LogP contribution in [-0.2, 0) is 16.1 Å². The Balaban J connectivity index is 1.65. The molecular weight excluding hydrogens is 337 g/mol. The zero-order chi connectivity index (χ0) is 18.5. The van der Waals surface area contributed by atoms with Gasteiger partial charge in [0.25, 0.3) is 5.91 Å². The number of benzene rings is 1. The summed E-state index contributed by atoms with van der Waals surface area (Å²) >= 11 is 0. The van der Waals surface area contributed by atoms with Gasteiger partial charge in [-0.3, -0.25) is 14.9 Å². The van der Waals surface area contributed by atoms with Gasteiger partial charge in [-0.1, -0.05) is 31.4 Å². The molecule has 1 saturated heterocycles. The van der Waals surface area contributed by atoms with E-state index in [2.05, 4.69) is 10.6 Å². The highest BCUT2D eigenvalue weighted by molar-refractivity contribution is 6.04. The Bertz CT molecular complexity index is 671. The number of imide groups is 1. The lowest BCUT2D eigenvalue weighted by atomic mass is 9.93. The van der Waals surface area contributed by atoms with E-state index in [0.29, 0.717) is 6.54 Å². The van der Waals surface area contributed by atoms with Gasteiger partial charge in [0.15, 0.2) is 0 Å². The molecule has 0 spiro atoms. The number of nitrogens with one attached hydrogen (secondary N) is 2. The number of nitrogens with zero attached hydrogens (tertiary/aromatic N) is 1. The van der Waals surface area contributed by atoms with E-state index in [-0.39, 0.29) is 36.5 Å². The van der Waals surface area contributed by atoms with Crippen molar-refractivity contribution >= 4 is 17.8 Å². The van der Waals surface area contributed by atoms with Crippen LogP contribution >= 0.6 is 0 Å². The monoisotopic (exact) mass is 361 g/mol. The van der Waals surface area contributed by atoms with Gasteiger partial charge in [0.05, 0.1) is 0 Å². The van der Waals surface area contributed by atoms with Crippen LogP contribution in [0.1, 0.15) is 50.5 Å². The lowest BCUT2D eigenvalue weighted by molar-refractivity contribution is -0.135. The lowest BCUT2D eigenvalue weighted by Crippen LogP contribution is -2.41. The largest absolute Gasteiger partial charge is 0.335 e. The van der Waals surface area contributed by atoms with Crippen LogP contribution in [0, 0.1) is 5.82 Å². The smallest absolute Gasteiger partial charge is 0.322 e. The van der Waals surface area contributed by atoms with Crippen molar-refractivity contribution in [3.8, 4) is 0 Å². The molecule has 26 heavy (non-hydrogen) atoms. The van der Waals surface area contributed by atoms with Crippen molar-refractivity contribution < 1.29 is 18.8 Å². The first-order chi connectivity index (χ1) is 12.5. The van der Waals surface area contributed by atoms with E-state index < -0.39 is 12.1 Å². The van der Waals surface area contributed by atoms with E-state index in [9.17, 15) is 18.8 Å². The molecule has 7 heteroatoms. The average Bonchev–Trinajstić information content (AvgIpc) is 2.97. The molecule has 3 rings (SSSR count). The second-order valence-corrected chi connectivity index (χ2v) is 6.99. The Kier molecular flexibility index (Phi) is 5.85. The first-order valence-corrected chi connectivity index (χ1v) is 9.18. The van der Waals surface area contributed by atoms with E-state index in [4.69, 9.17) is 0 Å². The molecule has 2 fully saturated rings. The van der Waals surface area contributed by atoms with Crippen molar-refractivity contribution in [3.63, 3.8) is 0 Å². The minimum atomic E-state index is -0.648. The van der Waals surface area contributed by atoms with Crippen LogP contribution in [0.5, 0.6) is 0 Å². The molecule has 1 aliphatic carbocycles. The minimum absolute atomic E-state index is 0.0322. The van der Waals surface area contributed by atoms with Crippen LogP contribution in [0.4, 0.5) is 9.18 Å². The van der Waals surface area contributed by atoms with Crippen LogP contribution in [0.25, 0.3) is 0 Å². The highest BCUT2D eigenvalue weighted by Crippen LogP contribution is 2.25. The molecule has 1 atom stereocenters. The zero-order valence-corrected chi connectivity index (χ0v) is 14.7. The summed E-state index contributed by atoms with van der Waals surface area (Å²) < 4.78 is 13.1. The van der Waals surface area contributed by atoms with Crippen LogP contribution in [0.15, 0.2) is 24.3 Å². The summed E-state index contributed by atoms with van der Waals surface area (Å²) in [5.41, 5.74) is 0.886. The van der Waals surface area contributed by atoms with Gasteiger partial charge in [0.2, 0.25) is 5.91 Å². The Morgan fingerprint density at radius 1 is 1.12 bits per heavy atom. The van der Waals surface area contributed by atoms with Gasteiger partial charge in [-0.15, -0.1) is 0 Å². The molecule has 1 aromatic carbocycles. The molecule has 6 nitrogen and oxygen atoms in total. The van der Waals surface area contributed by atoms with Crippen molar-refractivity contribution in [1.82, 2.24) is 15.5 Å². The molecular formula is C19H24FN3O3. The fourth-order valence-corrected chi connectivity index (χ4v) is 3.67. The first-order valence-electron chi connectivity index (χ1n) is 9.18. The third-order valence-electron chi connectivity index (χ3n) is 5.11. The van der Waals surface area contributed by atoms with E-state index >= 15 is 0 Å². The molecule has 140 valence electrons. The second-order valence-electron chi connectivity index (χ2n) is 6.99. The Hall–Kier alpha value is -2.44. The standard InChI is InChI=1S/C19H24FN3O3/c20-14-8-6-13(7-9-14)12-23(15-4-2-1-3-5-15)17(24)11-10-16-18(25)22-19(26)21-16/h6-9,15-16H,1-5,10-12H2,(H2,21,22,25,26). The maximum absolute atomic E-state index is 13.1. The number of rotatable bonds is 6. The maximum Gasteiger partial charge on any atom is 0.322 e. The van der Waals surface area contributed by atoms with E-state index in [1.165, 1.54) is 18.6 Å². The van der Waals surface area contributed by atoms with Gasteiger partial charge < -0.3 is 10.2 Å². The number of carbonyl (C=O) groups is 3. The summed E-state index contributed by atoms with van der Waals surface area (Å²) in [4.78, 5) is 37.6. The maximum atomic E-state index is 13.1. The number of hydrogen-bond donors (Lipinski definition) is 2. The lowest BCUT2D eigenvalue weighted by Gasteiger charge is -2.35. The fraction of sp³-hybridized carbons (Fsp3) is 0.526. The highest BCUT2D eigenvalue weighted by atomic mass is 19.1. The van der Waals surface area contributed by atoms with Crippen molar-refractivity contribution in [2.24, 2.45) is 0 Å². The third-order valence-corrected chi connectivity index (χ3v) is 5.11. The van der Waals surface area contributed by atoms with Gasteiger partial charge in [0, 0.05) is 19.0 Å². The van der Waals surface area contributed by atoms with Gasteiger partial charge in [-0.25, -0.2) is 9.18 Å². The normalized spacial score (nSPS) is 20.6. The van der Waals surface area contributed by atoms with E-state index in [1.807, 2.05) is 4.90 Å². The number of amides is 4. The minimum Gasteiger partial charge on any atom is -0.335 e. The molecule has 1 aromatic rings. The number of carbonyl (C=O) groups excluding carboxylic acids is 3. The van der Waals surface area contributed by atoms with E-state index in [1.54, 1.807) is 12.1 Å². The SMILES string of the molecule is O=C1NC(=O)C(CCC(=O)N(Cc2ccc(F)cc2)C2CCCCC2)N1. The molecule has 1 heterocycles. The predicted octanol–water partition coefficient (Wildman–Crippen LogP) is 2.48. The van der Waals surface area contributed by atoms with Gasteiger partial charge >= 0.3 is 6.03 Å². The van der Waals surface area contributed by atoms with Crippen LogP contribution in [-0.4, -0.2) is 34.8 Å². The number of halogens is 1. The molecule has 1 saturated carbocycles. The fourth-order valence-electron chi connectivity index (χ4n) is 3.67. The Morgan fingerprint density at radius 2 is 1.81 bits per heavy atom. The first kappa shape index (κ1) is 18.4. The Morgan fingerprint density at radius 3 is 2.42 bits per heavy atom. The quantitative estimate of drug-likeness (QED) is 0.764. The van der Waals surface area contributed by atoms with Gasteiger partial charge in [-0.05, 0) is 37.0 Å². The van der Waals surface area contributed by atoms with Crippen molar-refractivity contribution in [3.05, 3.63) is 35.6 Å². The summed E-state index contributed by atoms with van der Waals surface area (Å²) in [6.45, 7) is 0.438. The van der Waals surface area contributed by atoms with Gasteiger partial charge in [0.1, 0.15) is 11.9 Å².